The van der Waals surface area contributed by atoms with Crippen LogP contribution in [0.5, 0.6) is 0 Å². The van der Waals surface area contributed by atoms with Crippen molar-refractivity contribution in [3.63, 3.8) is 0 Å². The molecule has 4 aromatic rings. The molecule has 12 heteroatoms. The van der Waals surface area contributed by atoms with Gasteiger partial charge in [-0.2, -0.15) is 9.97 Å². The Kier molecular flexibility index (Phi) is 7.57. The lowest BCUT2D eigenvalue weighted by Gasteiger charge is -2.26. The Hall–Kier alpha value is -4.05. The average molecular weight is 590 g/mol. The first-order valence-electron chi connectivity index (χ1n) is 13.4. The van der Waals surface area contributed by atoms with Gasteiger partial charge in [-0.15, -0.1) is 6.42 Å². The number of carboxylic acids is 1. The Morgan fingerprint density at radius 3 is 2.76 bits per heavy atom. The molecule has 0 amide bonds. The smallest absolute Gasteiger partial charge is 0.333 e. The molecule has 0 saturated carbocycles. The number of aliphatic hydroxyl groups is 2. The van der Waals surface area contributed by atoms with Crippen molar-refractivity contribution in [2.75, 3.05) is 11.9 Å². The van der Waals surface area contributed by atoms with Crippen molar-refractivity contribution in [1.29, 1.82) is 0 Å². The molecule has 2 aliphatic rings. The van der Waals surface area contributed by atoms with Gasteiger partial charge in [-0.25, -0.2) is 9.78 Å². The Bertz CT molecular complexity index is 1660. The zero-order valence-corrected chi connectivity index (χ0v) is 23.1. The van der Waals surface area contributed by atoms with Crippen LogP contribution < -0.4 is 5.32 Å². The second kappa shape index (κ2) is 11.3. The topological polar surface area (TPSA) is 152 Å². The molecule has 1 unspecified atom stereocenters. The maximum absolute atomic E-state index is 11.9. The third kappa shape index (κ3) is 5.08. The fourth-order valence-electron chi connectivity index (χ4n) is 5.61. The average Bonchev–Trinajstić information content (AvgIpc) is 3.66. The van der Waals surface area contributed by atoms with E-state index in [0.717, 1.165) is 18.4 Å². The number of imidazole rings is 1. The van der Waals surface area contributed by atoms with Crippen molar-refractivity contribution in [2.45, 2.75) is 55.4 Å². The van der Waals surface area contributed by atoms with Crippen LogP contribution in [0.3, 0.4) is 0 Å². The maximum Gasteiger partial charge on any atom is 0.333 e. The van der Waals surface area contributed by atoms with E-state index < -0.39 is 42.7 Å². The number of aliphatic hydroxyl groups excluding tert-OH is 1. The lowest BCUT2D eigenvalue weighted by atomic mass is 9.93. The number of nitrogens with one attached hydrogen (secondary N) is 1. The van der Waals surface area contributed by atoms with E-state index in [1.807, 2.05) is 18.2 Å². The minimum absolute atomic E-state index is 0.0000320. The number of rotatable bonds is 9. The highest BCUT2D eigenvalue weighted by Gasteiger charge is 2.56. The lowest BCUT2D eigenvalue weighted by molar-refractivity contribution is -0.156. The second-order valence-corrected chi connectivity index (χ2v) is 10.7. The second-order valence-electron chi connectivity index (χ2n) is 10.4. The third-order valence-electron chi connectivity index (χ3n) is 7.85. The van der Waals surface area contributed by atoms with Gasteiger partial charge >= 0.3 is 5.97 Å². The van der Waals surface area contributed by atoms with E-state index in [2.05, 4.69) is 38.3 Å². The third-order valence-corrected chi connectivity index (χ3v) is 8.02. The number of anilines is 1. The molecule has 6 rings (SSSR count). The van der Waals surface area contributed by atoms with Crippen LogP contribution in [0.1, 0.15) is 35.4 Å². The molecule has 6 atom stereocenters. The summed E-state index contributed by atoms with van der Waals surface area (Å²) in [5.74, 6) is 1.44. The standard InChI is InChI=1S/C30H28ClN5O6/c1-2-30(40)22(15-41-21(28(38)39)14-17-8-4-3-5-9-17)42-27(24(30)37)36-16-32-23-25(34-29(31)35-26(23)36)33-20-13-12-18-10-6-7-11-19(18)20/h1,3-11,16,20-22,24,27,37,40H,12-15H2,(H,38,39)(H,33,34,35)/t20-,21?,22-,24+,27-,30-/m1/s1. The zero-order valence-electron chi connectivity index (χ0n) is 22.3. The number of aliphatic carboxylic acids is 1. The largest absolute Gasteiger partial charge is 0.479 e. The molecular weight excluding hydrogens is 562 g/mol. The van der Waals surface area contributed by atoms with Crippen LogP contribution >= 0.6 is 11.6 Å². The lowest BCUT2D eigenvalue weighted by Crippen LogP contribution is -2.48. The van der Waals surface area contributed by atoms with Gasteiger partial charge in [0.1, 0.15) is 12.2 Å². The number of aromatic nitrogens is 4. The molecule has 2 aromatic heterocycles. The van der Waals surface area contributed by atoms with Crippen LogP contribution in [0.4, 0.5) is 5.82 Å². The number of benzene rings is 2. The predicted molar refractivity (Wildman–Crippen MR) is 153 cm³/mol. The number of halogens is 1. The molecule has 1 aliphatic heterocycles. The fraction of sp³-hybridized carbons (Fsp3) is 0.333. The van der Waals surface area contributed by atoms with Gasteiger partial charge < -0.3 is 30.1 Å². The summed E-state index contributed by atoms with van der Waals surface area (Å²) in [6, 6.07) is 17.2. The van der Waals surface area contributed by atoms with Gasteiger partial charge in [-0.3, -0.25) is 4.57 Å². The molecule has 2 aromatic carbocycles. The van der Waals surface area contributed by atoms with E-state index >= 15 is 0 Å². The number of carboxylic acid groups (broad SMARTS) is 1. The van der Waals surface area contributed by atoms with Crippen molar-refractivity contribution in [1.82, 2.24) is 19.5 Å². The molecule has 3 heterocycles. The first-order valence-corrected chi connectivity index (χ1v) is 13.8. The molecule has 0 bridgehead atoms. The molecular formula is C30H28ClN5O6. The van der Waals surface area contributed by atoms with E-state index in [4.69, 9.17) is 27.5 Å². The van der Waals surface area contributed by atoms with Crippen LogP contribution in [-0.2, 0) is 27.1 Å². The number of aryl methyl sites for hydroxylation is 1. The highest BCUT2D eigenvalue weighted by molar-refractivity contribution is 6.28. The number of fused-ring (bicyclic) bond motifs is 2. The molecule has 0 radical (unpaired) electrons. The minimum Gasteiger partial charge on any atom is -0.479 e. The van der Waals surface area contributed by atoms with E-state index in [1.165, 1.54) is 22.0 Å². The van der Waals surface area contributed by atoms with Gasteiger partial charge in [0.15, 0.2) is 34.9 Å². The first kappa shape index (κ1) is 28.1. The summed E-state index contributed by atoms with van der Waals surface area (Å²) in [6.07, 6.45) is 3.58. The Morgan fingerprint density at radius 2 is 2.00 bits per heavy atom. The summed E-state index contributed by atoms with van der Waals surface area (Å²) in [5, 5.41) is 35.5. The SMILES string of the molecule is C#C[C@@]1(O)[C@@H](COC(Cc2ccccc2)C(=O)O)O[C@@H](n2cnc3c(N[C@@H]4CCc5ccccc54)nc(Cl)nc32)[C@@H]1O. The molecule has 1 aliphatic carbocycles. The quantitative estimate of drug-likeness (QED) is 0.169. The molecule has 42 heavy (non-hydrogen) atoms. The predicted octanol–water partition coefficient (Wildman–Crippen LogP) is 2.91. The molecule has 11 nitrogen and oxygen atoms in total. The summed E-state index contributed by atoms with van der Waals surface area (Å²) in [6.45, 7) is -0.395. The van der Waals surface area contributed by atoms with Gasteiger partial charge in [0, 0.05) is 6.42 Å². The summed E-state index contributed by atoms with van der Waals surface area (Å²) >= 11 is 6.31. The normalized spacial score (nSPS) is 25.7. The van der Waals surface area contributed by atoms with Gasteiger partial charge in [0.2, 0.25) is 5.28 Å². The summed E-state index contributed by atoms with van der Waals surface area (Å²) in [4.78, 5) is 25.0. The number of terminal acetylenes is 1. The molecule has 1 saturated heterocycles. The van der Waals surface area contributed by atoms with Gasteiger partial charge in [-0.05, 0) is 41.1 Å². The van der Waals surface area contributed by atoms with Crippen molar-refractivity contribution >= 4 is 34.6 Å². The van der Waals surface area contributed by atoms with Gasteiger partial charge in [-0.1, -0.05) is 60.5 Å². The molecule has 1 fully saturated rings. The molecule has 0 spiro atoms. The highest BCUT2D eigenvalue weighted by Crippen LogP contribution is 2.40. The Balaban J connectivity index is 1.25. The monoisotopic (exact) mass is 589 g/mol. The minimum atomic E-state index is -2.19. The number of carbonyl (C=O) groups is 1. The molecule has 216 valence electrons. The van der Waals surface area contributed by atoms with Crippen molar-refractivity contribution in [3.8, 4) is 12.3 Å². The van der Waals surface area contributed by atoms with Crippen molar-refractivity contribution < 1.29 is 29.6 Å². The van der Waals surface area contributed by atoms with E-state index in [9.17, 15) is 20.1 Å². The Labute approximate surface area is 246 Å². The summed E-state index contributed by atoms with van der Waals surface area (Å²) in [5.41, 5.74) is 1.63. The number of hydrogen-bond donors (Lipinski definition) is 4. The first-order chi connectivity index (χ1) is 20.3. The number of hydrogen-bond acceptors (Lipinski definition) is 9. The fourth-order valence-corrected chi connectivity index (χ4v) is 5.78. The maximum atomic E-state index is 11.9. The van der Waals surface area contributed by atoms with Crippen LogP contribution in [0.2, 0.25) is 5.28 Å². The zero-order chi connectivity index (χ0) is 29.4. The summed E-state index contributed by atoms with van der Waals surface area (Å²) in [7, 11) is 0. The van der Waals surface area contributed by atoms with Crippen LogP contribution in [0.15, 0.2) is 60.9 Å². The van der Waals surface area contributed by atoms with Crippen LogP contribution in [-0.4, -0.2) is 71.3 Å². The molecule has 4 N–H and O–H groups in total. The van der Waals surface area contributed by atoms with Crippen LogP contribution in [0.25, 0.3) is 11.2 Å². The van der Waals surface area contributed by atoms with Gasteiger partial charge in [0.05, 0.1) is 19.0 Å². The van der Waals surface area contributed by atoms with E-state index in [1.54, 1.807) is 24.3 Å². The van der Waals surface area contributed by atoms with Crippen molar-refractivity contribution in [3.05, 3.63) is 82.9 Å². The van der Waals surface area contributed by atoms with E-state index in [0.29, 0.717) is 11.3 Å². The Morgan fingerprint density at radius 1 is 1.24 bits per heavy atom. The number of nitrogens with zero attached hydrogens (tertiary/aromatic N) is 4. The van der Waals surface area contributed by atoms with Gasteiger partial charge in [0.25, 0.3) is 0 Å². The van der Waals surface area contributed by atoms with Crippen LogP contribution in [0, 0.1) is 12.3 Å². The highest BCUT2D eigenvalue weighted by atomic mass is 35.5. The number of ether oxygens (including phenoxy) is 2. The summed E-state index contributed by atoms with van der Waals surface area (Å²) < 4.78 is 13.1. The van der Waals surface area contributed by atoms with Crippen molar-refractivity contribution in [2.24, 2.45) is 0 Å². The van der Waals surface area contributed by atoms with E-state index in [-0.39, 0.29) is 23.4 Å².